The first kappa shape index (κ1) is 43.1. The first-order valence-electron chi connectivity index (χ1n) is 20.4. The Hall–Kier alpha value is -0.860. The van der Waals surface area contributed by atoms with Crippen LogP contribution in [0.3, 0.4) is 0 Å². The molecule has 0 bridgehead atoms. The van der Waals surface area contributed by atoms with Gasteiger partial charge in [-0.25, -0.2) is 0 Å². The molecule has 0 saturated carbocycles. The maximum atomic E-state index is 12.8. The molecule has 1 N–H and O–H groups in total. The van der Waals surface area contributed by atoms with Crippen LogP contribution in [-0.4, -0.2) is 18.2 Å². The van der Waals surface area contributed by atoms with Crippen LogP contribution < -0.4 is 5.32 Å². The maximum absolute atomic E-state index is 12.8. The highest BCUT2D eigenvalue weighted by Crippen LogP contribution is 2.18. The molecule has 3 nitrogen and oxygen atoms in total. The van der Waals surface area contributed by atoms with Gasteiger partial charge in [0.1, 0.15) is 5.78 Å². The van der Waals surface area contributed by atoms with Crippen LogP contribution >= 0.6 is 0 Å². The van der Waals surface area contributed by atoms with E-state index in [1.54, 1.807) is 0 Å². The zero-order valence-electron chi connectivity index (χ0n) is 30.6. The molecule has 0 aliphatic rings. The summed E-state index contributed by atoms with van der Waals surface area (Å²) in [6.07, 6.45) is 43.2. The Kier molecular flexibility index (Phi) is 35.9. The van der Waals surface area contributed by atoms with E-state index in [0.717, 1.165) is 45.1 Å². The molecule has 0 aromatic heterocycles. The van der Waals surface area contributed by atoms with E-state index < -0.39 is 0 Å². The van der Waals surface area contributed by atoms with E-state index in [4.69, 9.17) is 0 Å². The molecule has 0 saturated heterocycles. The van der Waals surface area contributed by atoms with Crippen LogP contribution in [0.1, 0.15) is 239 Å². The average Bonchev–Trinajstić information content (AvgIpc) is 3.02. The number of carbonyl (C=O) groups is 2. The molecule has 0 spiro atoms. The molecule has 0 aromatic rings. The predicted molar refractivity (Wildman–Crippen MR) is 196 cm³/mol. The Morgan fingerprint density at radius 2 is 0.727 bits per heavy atom. The van der Waals surface area contributed by atoms with Crippen molar-refractivity contribution in [2.24, 2.45) is 5.92 Å². The van der Waals surface area contributed by atoms with E-state index in [2.05, 4.69) is 26.1 Å². The molecule has 3 heteroatoms. The number of amides is 1. The molecule has 262 valence electrons. The van der Waals surface area contributed by atoms with Gasteiger partial charge in [0, 0.05) is 25.3 Å². The van der Waals surface area contributed by atoms with Crippen LogP contribution in [0.2, 0.25) is 0 Å². The van der Waals surface area contributed by atoms with Crippen LogP contribution in [0.15, 0.2) is 0 Å². The van der Waals surface area contributed by atoms with Crippen LogP contribution in [-0.2, 0) is 9.59 Å². The summed E-state index contributed by atoms with van der Waals surface area (Å²) in [4.78, 5) is 25.5. The summed E-state index contributed by atoms with van der Waals surface area (Å²) in [6.45, 7) is 7.50. The molecule has 0 heterocycles. The number of ketones is 1. The van der Waals surface area contributed by atoms with E-state index >= 15 is 0 Å². The van der Waals surface area contributed by atoms with E-state index in [1.807, 2.05) is 0 Å². The number of nitrogens with one attached hydrogen (secondary N) is 1. The minimum Gasteiger partial charge on any atom is -0.356 e. The third-order valence-electron chi connectivity index (χ3n) is 9.64. The fourth-order valence-electron chi connectivity index (χ4n) is 6.52. The summed E-state index contributed by atoms with van der Waals surface area (Å²) >= 11 is 0. The fraction of sp³-hybridized carbons (Fsp3) is 0.951. The summed E-state index contributed by atoms with van der Waals surface area (Å²) in [7, 11) is 0. The lowest BCUT2D eigenvalue weighted by Gasteiger charge is -2.16. The summed E-state index contributed by atoms with van der Waals surface area (Å²) in [6, 6.07) is 0. The molecular weight excluding hydrogens is 538 g/mol. The van der Waals surface area contributed by atoms with Gasteiger partial charge in [-0.15, -0.1) is 0 Å². The van der Waals surface area contributed by atoms with Gasteiger partial charge in [0.2, 0.25) is 5.91 Å². The monoisotopic (exact) mass is 620 g/mol. The molecule has 1 amide bonds. The highest BCUT2D eigenvalue weighted by Gasteiger charge is 2.20. The summed E-state index contributed by atoms with van der Waals surface area (Å²) in [5.41, 5.74) is 0. The van der Waals surface area contributed by atoms with Crippen molar-refractivity contribution in [1.29, 1.82) is 0 Å². The van der Waals surface area contributed by atoms with Crippen molar-refractivity contribution in [3.05, 3.63) is 0 Å². The van der Waals surface area contributed by atoms with Crippen molar-refractivity contribution in [3.63, 3.8) is 0 Å². The van der Waals surface area contributed by atoms with Gasteiger partial charge < -0.3 is 5.32 Å². The molecule has 0 radical (unpaired) electrons. The van der Waals surface area contributed by atoms with Crippen LogP contribution in [0.25, 0.3) is 0 Å². The Labute approximate surface area is 277 Å². The van der Waals surface area contributed by atoms with Crippen molar-refractivity contribution in [2.75, 3.05) is 6.54 Å². The average molecular weight is 620 g/mol. The molecule has 0 rings (SSSR count). The van der Waals surface area contributed by atoms with Crippen LogP contribution in [0.5, 0.6) is 0 Å². The second-order valence-corrected chi connectivity index (χ2v) is 14.2. The Bertz CT molecular complexity index is 589. The standard InChI is InChI=1S/C41H81NO2/c1-4-7-10-12-14-16-18-19-20-21-22-23-24-25-26-27-29-31-33-36-40(43)38-39(35-9-6-3)41(44)42-37-34-32-30-28-17-15-13-11-8-5-2/h39H,4-38H2,1-3H3,(H,42,44). The van der Waals surface area contributed by atoms with Gasteiger partial charge >= 0.3 is 0 Å². The van der Waals surface area contributed by atoms with Gasteiger partial charge in [-0.2, -0.15) is 0 Å². The summed E-state index contributed by atoms with van der Waals surface area (Å²) in [5, 5.41) is 3.16. The molecule has 0 aromatic carbocycles. The second-order valence-electron chi connectivity index (χ2n) is 14.2. The lowest BCUT2D eigenvalue weighted by atomic mass is 9.93. The number of unbranched alkanes of at least 4 members (excludes halogenated alkanes) is 28. The normalized spacial score (nSPS) is 12.1. The van der Waals surface area contributed by atoms with Gasteiger partial charge in [0.25, 0.3) is 0 Å². The maximum Gasteiger partial charge on any atom is 0.223 e. The van der Waals surface area contributed by atoms with Crippen molar-refractivity contribution < 1.29 is 9.59 Å². The molecule has 1 unspecified atom stereocenters. The fourth-order valence-corrected chi connectivity index (χ4v) is 6.52. The minimum absolute atomic E-state index is 0.120. The first-order chi connectivity index (χ1) is 21.7. The van der Waals surface area contributed by atoms with E-state index in [1.165, 1.54) is 167 Å². The van der Waals surface area contributed by atoms with Crippen LogP contribution in [0, 0.1) is 5.92 Å². The van der Waals surface area contributed by atoms with Gasteiger partial charge in [-0.3, -0.25) is 9.59 Å². The van der Waals surface area contributed by atoms with Gasteiger partial charge in [0.05, 0.1) is 0 Å². The summed E-state index contributed by atoms with van der Waals surface area (Å²) in [5.74, 6) is 0.300. The number of carbonyl (C=O) groups excluding carboxylic acids is 2. The Morgan fingerprint density at radius 3 is 1.09 bits per heavy atom. The van der Waals surface area contributed by atoms with Gasteiger partial charge in [-0.1, -0.05) is 207 Å². The number of hydrogen-bond donors (Lipinski definition) is 1. The third kappa shape index (κ3) is 32.5. The quantitative estimate of drug-likeness (QED) is 0.0703. The lowest BCUT2D eigenvalue weighted by Crippen LogP contribution is -2.32. The Morgan fingerprint density at radius 1 is 0.409 bits per heavy atom. The van der Waals surface area contributed by atoms with Crippen molar-refractivity contribution in [2.45, 2.75) is 239 Å². The molecule has 1 atom stereocenters. The van der Waals surface area contributed by atoms with Gasteiger partial charge in [-0.05, 0) is 19.3 Å². The third-order valence-corrected chi connectivity index (χ3v) is 9.64. The van der Waals surface area contributed by atoms with Gasteiger partial charge in [0.15, 0.2) is 0 Å². The molecule has 44 heavy (non-hydrogen) atoms. The van der Waals surface area contributed by atoms with Crippen molar-refractivity contribution >= 4 is 11.7 Å². The van der Waals surface area contributed by atoms with E-state index in [9.17, 15) is 9.59 Å². The van der Waals surface area contributed by atoms with Crippen LogP contribution in [0.4, 0.5) is 0 Å². The first-order valence-corrected chi connectivity index (χ1v) is 20.4. The molecule has 0 aliphatic carbocycles. The number of Topliss-reactive ketones (excluding diaryl/α,β-unsaturated/α-hetero) is 1. The predicted octanol–water partition coefficient (Wildman–Crippen LogP) is 13.6. The van der Waals surface area contributed by atoms with Crippen molar-refractivity contribution in [1.82, 2.24) is 5.32 Å². The zero-order chi connectivity index (χ0) is 32.2. The Balaban J connectivity index is 3.67. The molecule has 0 aliphatic heterocycles. The minimum atomic E-state index is -0.120. The zero-order valence-corrected chi connectivity index (χ0v) is 30.6. The highest BCUT2D eigenvalue weighted by molar-refractivity contribution is 5.86. The SMILES string of the molecule is CCCCCCCCCCCCCCCCCCCCCC(=O)CC(CCCC)C(=O)NCCCCCCCCCCCC. The topological polar surface area (TPSA) is 46.2 Å². The van der Waals surface area contributed by atoms with Crippen molar-refractivity contribution in [3.8, 4) is 0 Å². The number of hydrogen-bond acceptors (Lipinski definition) is 2. The van der Waals surface area contributed by atoms with E-state index in [0.29, 0.717) is 18.6 Å². The number of rotatable bonds is 37. The van der Waals surface area contributed by atoms with E-state index in [-0.39, 0.29) is 11.8 Å². The second kappa shape index (κ2) is 36.6. The summed E-state index contributed by atoms with van der Waals surface area (Å²) < 4.78 is 0. The highest BCUT2D eigenvalue weighted by atomic mass is 16.2. The lowest BCUT2D eigenvalue weighted by molar-refractivity contribution is -0.129. The smallest absolute Gasteiger partial charge is 0.223 e. The largest absolute Gasteiger partial charge is 0.356 e. The molecule has 0 fully saturated rings. The molecular formula is C41H81NO2.